The first-order chi connectivity index (χ1) is 11.4. The fourth-order valence-corrected chi connectivity index (χ4v) is 3.55. The maximum absolute atomic E-state index is 12.4. The lowest BCUT2D eigenvalue weighted by Crippen LogP contribution is -2.34. The van der Waals surface area contributed by atoms with Crippen molar-refractivity contribution in [2.75, 3.05) is 11.9 Å². The second-order valence-corrected chi connectivity index (χ2v) is 7.24. The van der Waals surface area contributed by atoms with Gasteiger partial charge in [0.25, 0.3) is 11.5 Å². The number of hydrogen-bond acceptors (Lipinski definition) is 3. The number of amides is 1. The number of anilines is 1. The molecule has 3 rings (SSSR count). The van der Waals surface area contributed by atoms with Crippen molar-refractivity contribution in [3.05, 3.63) is 62.6 Å². The normalized spacial score (nSPS) is 14.0. The van der Waals surface area contributed by atoms with Crippen LogP contribution in [0.4, 0.5) is 5.69 Å². The monoisotopic (exact) mass is 389 g/mol. The van der Waals surface area contributed by atoms with E-state index in [9.17, 15) is 9.59 Å². The summed E-state index contributed by atoms with van der Waals surface area (Å²) in [6.07, 6.45) is 1.42. The summed E-state index contributed by atoms with van der Waals surface area (Å²) in [5, 5.41) is 6.17. The van der Waals surface area contributed by atoms with Crippen LogP contribution in [0.1, 0.15) is 32.7 Å². The van der Waals surface area contributed by atoms with Crippen LogP contribution in [0, 0.1) is 13.8 Å². The van der Waals surface area contributed by atoms with Crippen LogP contribution in [-0.2, 0) is 12.8 Å². The average Bonchev–Trinajstić information content (AvgIpc) is 2.98. The van der Waals surface area contributed by atoms with E-state index in [-0.39, 0.29) is 16.4 Å². The average molecular weight is 390 g/mol. The van der Waals surface area contributed by atoms with E-state index in [4.69, 9.17) is 0 Å². The Hall–Kier alpha value is -2.08. The molecule has 2 aromatic rings. The van der Waals surface area contributed by atoms with Gasteiger partial charge in [0.05, 0.1) is 4.95 Å². The highest BCUT2D eigenvalue weighted by Crippen LogP contribution is 2.23. The molecule has 2 heterocycles. The molecule has 1 unspecified atom stereocenters. The lowest BCUT2D eigenvalue weighted by Gasteiger charge is -2.14. The van der Waals surface area contributed by atoms with E-state index in [1.165, 1.54) is 5.56 Å². The molecule has 1 aliphatic heterocycles. The van der Waals surface area contributed by atoms with Gasteiger partial charge in [-0.05, 0) is 49.6 Å². The minimum atomic E-state index is -0.311. The maximum Gasteiger partial charge on any atom is 0.252 e. The first-order valence-electron chi connectivity index (χ1n) is 7.95. The summed E-state index contributed by atoms with van der Waals surface area (Å²) < 4.78 is 0. The number of H-pyrrole nitrogens is 1. The number of aromatic amines is 1. The Morgan fingerprint density at radius 1 is 1.33 bits per heavy atom. The predicted octanol–water partition coefficient (Wildman–Crippen LogP) is 2.65. The van der Waals surface area contributed by atoms with Crippen molar-refractivity contribution in [3.63, 3.8) is 0 Å². The molecule has 1 amide bonds. The topological polar surface area (TPSA) is 74.0 Å². The van der Waals surface area contributed by atoms with Gasteiger partial charge in [0.15, 0.2) is 0 Å². The number of carbonyl (C=O) groups excluding carboxylic acids is 1. The van der Waals surface area contributed by atoms with Gasteiger partial charge in [-0.25, -0.2) is 0 Å². The summed E-state index contributed by atoms with van der Waals surface area (Å²) in [5.41, 5.74) is 5.22. The van der Waals surface area contributed by atoms with E-state index in [0.29, 0.717) is 17.5 Å². The molecule has 0 radical (unpaired) electrons. The Morgan fingerprint density at radius 3 is 2.88 bits per heavy atom. The molecule has 6 heteroatoms. The minimum absolute atomic E-state index is 0.104. The molecule has 5 nitrogen and oxygen atoms in total. The highest BCUT2D eigenvalue weighted by atomic mass is 79.9. The third kappa shape index (κ3) is 3.53. The third-order valence-electron chi connectivity index (χ3n) is 4.25. The number of aryl methyl sites for hydroxylation is 2. The smallest absolute Gasteiger partial charge is 0.252 e. The largest absolute Gasteiger partial charge is 0.384 e. The Balaban J connectivity index is 1.70. The Labute approximate surface area is 149 Å². The Kier molecular flexibility index (Phi) is 4.76. The zero-order chi connectivity index (χ0) is 17.3. The summed E-state index contributed by atoms with van der Waals surface area (Å²) in [5.74, 6) is -0.158. The highest BCUT2D eigenvalue weighted by Gasteiger charge is 2.17. The summed E-state index contributed by atoms with van der Waals surface area (Å²) in [4.78, 5) is 27.0. The molecular weight excluding hydrogens is 370 g/mol. The molecule has 0 bridgehead atoms. The van der Waals surface area contributed by atoms with Crippen molar-refractivity contribution < 1.29 is 4.79 Å². The van der Waals surface area contributed by atoms with Crippen LogP contribution in [0.2, 0.25) is 0 Å². The van der Waals surface area contributed by atoms with Crippen LogP contribution >= 0.6 is 15.9 Å². The van der Waals surface area contributed by atoms with Crippen molar-refractivity contribution in [2.24, 2.45) is 0 Å². The van der Waals surface area contributed by atoms with Crippen LogP contribution in [-0.4, -0.2) is 22.4 Å². The number of carbonyl (C=O) groups is 1. The molecule has 0 saturated carbocycles. The third-order valence-corrected chi connectivity index (χ3v) is 4.80. The van der Waals surface area contributed by atoms with Crippen molar-refractivity contribution in [1.82, 2.24) is 10.3 Å². The molecule has 24 heavy (non-hydrogen) atoms. The Morgan fingerprint density at radius 2 is 2.12 bits per heavy atom. The van der Waals surface area contributed by atoms with Gasteiger partial charge in [-0.15, -0.1) is 0 Å². The van der Waals surface area contributed by atoms with Gasteiger partial charge in [0.1, 0.15) is 0 Å². The van der Waals surface area contributed by atoms with Crippen molar-refractivity contribution >= 4 is 27.5 Å². The summed E-state index contributed by atoms with van der Waals surface area (Å²) in [6.45, 7) is 4.68. The lowest BCUT2D eigenvalue weighted by molar-refractivity contribution is 0.0950. The molecule has 1 aliphatic rings. The van der Waals surface area contributed by atoms with Crippen LogP contribution < -0.4 is 16.2 Å². The van der Waals surface area contributed by atoms with Gasteiger partial charge in [-0.2, -0.15) is 0 Å². The molecule has 1 aromatic heterocycles. The minimum Gasteiger partial charge on any atom is -0.384 e. The van der Waals surface area contributed by atoms with Crippen molar-refractivity contribution in [1.29, 1.82) is 0 Å². The van der Waals surface area contributed by atoms with E-state index >= 15 is 0 Å². The molecule has 0 saturated heterocycles. The second kappa shape index (κ2) is 6.81. The number of pyridine rings is 1. The summed E-state index contributed by atoms with van der Waals surface area (Å²) >= 11 is 3.46. The van der Waals surface area contributed by atoms with Gasteiger partial charge in [-0.3, -0.25) is 9.59 Å². The number of rotatable bonds is 4. The first kappa shape index (κ1) is 16.8. The molecule has 126 valence electrons. The molecule has 1 atom stereocenters. The number of halogens is 1. The molecular formula is C18H20BrN3O2. The van der Waals surface area contributed by atoms with Gasteiger partial charge >= 0.3 is 0 Å². The first-order valence-corrected chi connectivity index (χ1v) is 8.87. The van der Waals surface area contributed by atoms with Crippen molar-refractivity contribution in [3.8, 4) is 0 Å². The van der Waals surface area contributed by atoms with Crippen LogP contribution in [0.5, 0.6) is 0 Å². The number of alkyl halides is 1. The Bertz CT molecular complexity index is 845. The zero-order valence-electron chi connectivity index (χ0n) is 13.7. The molecule has 1 aromatic carbocycles. The zero-order valence-corrected chi connectivity index (χ0v) is 15.3. The van der Waals surface area contributed by atoms with E-state index in [1.54, 1.807) is 0 Å². The van der Waals surface area contributed by atoms with Crippen LogP contribution in [0.25, 0.3) is 0 Å². The van der Waals surface area contributed by atoms with Crippen LogP contribution in [0.3, 0.4) is 0 Å². The number of nitrogens with one attached hydrogen (secondary N) is 3. The van der Waals surface area contributed by atoms with Gasteiger partial charge in [0.2, 0.25) is 0 Å². The van der Waals surface area contributed by atoms with Gasteiger partial charge in [0, 0.05) is 35.5 Å². The van der Waals surface area contributed by atoms with E-state index in [1.807, 2.05) is 38.1 Å². The number of benzene rings is 1. The standard InChI is InChI=1S/C18H20BrN3O2/c1-10-7-11(2)21-18(24)14(10)9-16(19)22-17(23)13-4-3-12-5-6-20-15(12)8-13/h3-4,7-8,16,20H,5-6,9H2,1-2H3,(H,21,24)(H,22,23). The fourth-order valence-electron chi connectivity index (χ4n) is 3.02. The number of fused-ring (bicyclic) bond motifs is 1. The number of hydrogen-bond donors (Lipinski definition) is 3. The van der Waals surface area contributed by atoms with E-state index in [2.05, 4.69) is 31.5 Å². The molecule has 0 spiro atoms. The molecule has 3 N–H and O–H groups in total. The summed E-state index contributed by atoms with van der Waals surface area (Å²) in [7, 11) is 0. The molecule has 0 aliphatic carbocycles. The highest BCUT2D eigenvalue weighted by molar-refractivity contribution is 9.09. The van der Waals surface area contributed by atoms with Crippen molar-refractivity contribution in [2.45, 2.75) is 31.6 Å². The van der Waals surface area contributed by atoms with Gasteiger partial charge in [-0.1, -0.05) is 22.0 Å². The SMILES string of the molecule is Cc1cc(C)c(CC(Br)NC(=O)c2ccc3c(c2)NCC3)c(=O)[nH]1. The maximum atomic E-state index is 12.4. The van der Waals surface area contributed by atoms with E-state index < -0.39 is 0 Å². The lowest BCUT2D eigenvalue weighted by atomic mass is 10.1. The van der Waals surface area contributed by atoms with Crippen LogP contribution in [0.15, 0.2) is 29.1 Å². The molecule has 0 fully saturated rings. The number of aromatic nitrogens is 1. The summed E-state index contributed by atoms with van der Waals surface area (Å²) in [6, 6.07) is 7.64. The predicted molar refractivity (Wildman–Crippen MR) is 99.1 cm³/mol. The quantitative estimate of drug-likeness (QED) is 0.555. The van der Waals surface area contributed by atoms with E-state index in [0.717, 1.165) is 29.9 Å². The second-order valence-electron chi connectivity index (χ2n) is 6.14. The fraction of sp³-hybridized carbons (Fsp3) is 0.333. The van der Waals surface area contributed by atoms with Gasteiger partial charge < -0.3 is 15.6 Å².